The van der Waals surface area contributed by atoms with Crippen LogP contribution in [-0.2, 0) is 28.1 Å². The molecular formula is C20H22F3NO3. The number of aryl methyl sites for hydroxylation is 1. The normalized spacial score (nSPS) is 13.7. The van der Waals surface area contributed by atoms with Gasteiger partial charge in [0.2, 0.25) is 0 Å². The van der Waals surface area contributed by atoms with E-state index in [1.165, 1.54) is 19.2 Å². The Bertz CT molecular complexity index is 758. The zero-order chi connectivity index (χ0) is 20.1. The molecule has 0 aliphatic carbocycles. The first-order valence-electron chi connectivity index (χ1n) is 8.41. The smallest absolute Gasteiger partial charge is 0.430 e. The first-order valence-corrected chi connectivity index (χ1v) is 8.41. The lowest BCUT2D eigenvalue weighted by atomic mass is 9.90. The third-order valence-corrected chi connectivity index (χ3v) is 4.41. The van der Waals surface area contributed by atoms with Gasteiger partial charge in [0.1, 0.15) is 5.75 Å². The number of carbonyl (C=O) groups excluding carboxylic acids is 1. The monoisotopic (exact) mass is 381 g/mol. The maximum absolute atomic E-state index is 13.9. The highest BCUT2D eigenvalue weighted by atomic mass is 19.4. The summed E-state index contributed by atoms with van der Waals surface area (Å²) in [7, 11) is 2.39. The van der Waals surface area contributed by atoms with Gasteiger partial charge in [-0.1, -0.05) is 43.3 Å². The van der Waals surface area contributed by atoms with Crippen LogP contribution < -0.4 is 10.1 Å². The molecule has 1 atom stereocenters. The van der Waals surface area contributed by atoms with Crippen LogP contribution in [0, 0.1) is 0 Å². The Hall–Kier alpha value is -2.54. The number of methoxy groups -OCH3 is 2. The molecule has 0 heterocycles. The lowest BCUT2D eigenvalue weighted by Gasteiger charge is -2.33. The lowest BCUT2D eigenvalue weighted by Crippen LogP contribution is -2.55. The van der Waals surface area contributed by atoms with Gasteiger partial charge in [-0.2, -0.15) is 13.2 Å². The molecule has 2 aromatic carbocycles. The molecule has 7 heteroatoms. The molecule has 0 aliphatic rings. The van der Waals surface area contributed by atoms with E-state index in [0.29, 0.717) is 17.7 Å². The molecule has 1 amide bonds. The summed E-state index contributed by atoms with van der Waals surface area (Å²) in [6, 6.07) is 12.3. The summed E-state index contributed by atoms with van der Waals surface area (Å²) in [5, 5.41) is 2.34. The van der Waals surface area contributed by atoms with Gasteiger partial charge < -0.3 is 14.8 Å². The van der Waals surface area contributed by atoms with Crippen LogP contribution in [0.25, 0.3) is 0 Å². The molecule has 0 fully saturated rings. The maximum Gasteiger partial charge on any atom is 0.430 e. The topological polar surface area (TPSA) is 47.6 Å². The van der Waals surface area contributed by atoms with Gasteiger partial charge in [0, 0.05) is 19.2 Å². The van der Waals surface area contributed by atoms with E-state index in [9.17, 15) is 18.0 Å². The fraction of sp³-hybridized carbons (Fsp3) is 0.350. The summed E-state index contributed by atoms with van der Waals surface area (Å²) >= 11 is 0. The number of halogens is 3. The third kappa shape index (κ3) is 4.24. The summed E-state index contributed by atoms with van der Waals surface area (Å²) in [6.07, 6.45) is -4.25. The van der Waals surface area contributed by atoms with E-state index in [4.69, 9.17) is 9.47 Å². The summed E-state index contributed by atoms with van der Waals surface area (Å²) in [5.41, 5.74) is -1.84. The van der Waals surface area contributed by atoms with Crippen molar-refractivity contribution < 1.29 is 27.4 Å². The van der Waals surface area contributed by atoms with Gasteiger partial charge in [-0.3, -0.25) is 4.79 Å². The zero-order valence-electron chi connectivity index (χ0n) is 15.4. The second kappa shape index (κ2) is 8.43. The molecule has 1 unspecified atom stereocenters. The molecule has 1 N–H and O–H groups in total. The van der Waals surface area contributed by atoms with Crippen molar-refractivity contribution in [3.8, 4) is 5.75 Å². The summed E-state index contributed by atoms with van der Waals surface area (Å²) in [4.78, 5) is 12.6. The molecule has 146 valence electrons. The second-order valence-electron chi connectivity index (χ2n) is 5.96. The van der Waals surface area contributed by atoms with Crippen LogP contribution in [0.4, 0.5) is 13.2 Å². The minimum atomic E-state index is -4.93. The maximum atomic E-state index is 13.9. The molecule has 0 saturated carbocycles. The lowest BCUT2D eigenvalue weighted by molar-refractivity contribution is -0.265. The van der Waals surface area contributed by atoms with Crippen molar-refractivity contribution >= 4 is 5.91 Å². The van der Waals surface area contributed by atoms with Gasteiger partial charge in [0.05, 0.1) is 7.11 Å². The predicted octanol–water partition coefficient (Wildman–Crippen LogP) is 3.98. The minimum absolute atomic E-state index is 0.0724. The Kier molecular flexibility index (Phi) is 6.49. The quantitative estimate of drug-likeness (QED) is 0.789. The molecule has 27 heavy (non-hydrogen) atoms. The number of ether oxygens (including phenoxy) is 2. The van der Waals surface area contributed by atoms with E-state index in [1.54, 1.807) is 36.4 Å². The number of benzene rings is 2. The van der Waals surface area contributed by atoms with E-state index in [0.717, 1.165) is 12.7 Å². The highest BCUT2D eigenvalue weighted by molar-refractivity contribution is 5.87. The van der Waals surface area contributed by atoms with Crippen molar-refractivity contribution in [1.29, 1.82) is 0 Å². The van der Waals surface area contributed by atoms with Gasteiger partial charge in [-0.05, 0) is 29.7 Å². The fourth-order valence-electron chi connectivity index (χ4n) is 2.78. The van der Waals surface area contributed by atoms with Crippen molar-refractivity contribution in [1.82, 2.24) is 5.32 Å². The predicted molar refractivity (Wildman–Crippen MR) is 95.4 cm³/mol. The molecule has 4 nitrogen and oxygen atoms in total. The minimum Gasteiger partial charge on any atom is -0.497 e. The van der Waals surface area contributed by atoms with Gasteiger partial charge in [-0.25, -0.2) is 0 Å². The second-order valence-corrected chi connectivity index (χ2v) is 5.96. The first kappa shape index (κ1) is 20.8. The van der Waals surface area contributed by atoms with Crippen molar-refractivity contribution in [2.45, 2.75) is 31.7 Å². The summed E-state index contributed by atoms with van der Waals surface area (Å²) in [6.45, 7) is 1.82. The molecule has 2 aromatic rings. The molecule has 2 rings (SSSR count). The largest absolute Gasteiger partial charge is 0.497 e. The molecule has 0 spiro atoms. The SMILES string of the molecule is CCc1ccc(C(OC)(C(=O)NCc2ccc(OC)cc2)C(F)(F)F)cc1. The van der Waals surface area contributed by atoms with Crippen molar-refractivity contribution in [3.05, 3.63) is 65.2 Å². The fourth-order valence-corrected chi connectivity index (χ4v) is 2.78. The van der Waals surface area contributed by atoms with Crippen LogP contribution in [0.5, 0.6) is 5.75 Å². The molecule has 0 saturated heterocycles. The van der Waals surface area contributed by atoms with E-state index in [-0.39, 0.29) is 12.1 Å². The molecule has 0 aliphatic heterocycles. The number of nitrogens with one attached hydrogen (secondary N) is 1. The third-order valence-electron chi connectivity index (χ3n) is 4.41. The van der Waals surface area contributed by atoms with Gasteiger partial charge in [0.15, 0.2) is 0 Å². The zero-order valence-corrected chi connectivity index (χ0v) is 15.4. The highest BCUT2D eigenvalue weighted by Crippen LogP contribution is 2.42. The summed E-state index contributed by atoms with van der Waals surface area (Å²) < 4.78 is 51.6. The van der Waals surface area contributed by atoms with Crippen LogP contribution in [-0.4, -0.2) is 26.3 Å². The molecule has 0 radical (unpaired) electrons. The Labute approximate surface area is 156 Å². The average Bonchev–Trinajstić information content (AvgIpc) is 2.67. The van der Waals surface area contributed by atoms with Crippen LogP contribution >= 0.6 is 0 Å². The number of hydrogen-bond acceptors (Lipinski definition) is 3. The molecular weight excluding hydrogens is 359 g/mol. The Balaban J connectivity index is 2.30. The van der Waals surface area contributed by atoms with E-state index in [1.807, 2.05) is 6.92 Å². The Morgan fingerprint density at radius 1 is 0.963 bits per heavy atom. The summed E-state index contributed by atoms with van der Waals surface area (Å²) in [5.74, 6) is -0.653. The molecule has 0 aromatic heterocycles. The Morgan fingerprint density at radius 2 is 1.52 bits per heavy atom. The van der Waals surface area contributed by atoms with Crippen LogP contribution in [0.15, 0.2) is 48.5 Å². The number of alkyl halides is 3. The van der Waals surface area contributed by atoms with E-state index in [2.05, 4.69) is 5.32 Å². The van der Waals surface area contributed by atoms with Gasteiger partial charge in [0.25, 0.3) is 11.5 Å². The highest BCUT2D eigenvalue weighted by Gasteiger charge is 2.62. The van der Waals surface area contributed by atoms with Gasteiger partial charge in [-0.15, -0.1) is 0 Å². The number of hydrogen-bond donors (Lipinski definition) is 1. The standard InChI is InChI=1S/C20H22F3NO3/c1-4-14-5-9-16(10-6-14)19(27-3,20(21,22)23)18(25)24-13-15-7-11-17(26-2)12-8-15/h5-12H,4,13H2,1-3H3,(H,24,25). The van der Waals surface area contributed by atoms with Crippen LogP contribution in [0.3, 0.4) is 0 Å². The number of rotatable bonds is 7. The van der Waals surface area contributed by atoms with Crippen molar-refractivity contribution in [2.75, 3.05) is 14.2 Å². The van der Waals surface area contributed by atoms with Gasteiger partial charge >= 0.3 is 6.18 Å². The average molecular weight is 381 g/mol. The van der Waals surface area contributed by atoms with Crippen LogP contribution in [0.2, 0.25) is 0 Å². The van der Waals surface area contributed by atoms with E-state index < -0.39 is 17.7 Å². The number of amides is 1. The van der Waals surface area contributed by atoms with Crippen molar-refractivity contribution in [3.63, 3.8) is 0 Å². The molecule has 0 bridgehead atoms. The van der Waals surface area contributed by atoms with Crippen LogP contribution in [0.1, 0.15) is 23.6 Å². The first-order chi connectivity index (χ1) is 12.8. The number of carbonyl (C=O) groups is 1. The Morgan fingerprint density at radius 3 is 1.96 bits per heavy atom. The van der Waals surface area contributed by atoms with E-state index >= 15 is 0 Å². The van der Waals surface area contributed by atoms with Crippen molar-refractivity contribution in [2.24, 2.45) is 0 Å².